The molecule has 0 aliphatic heterocycles. The number of carbonyl (C=O) groups excluding carboxylic acids is 1. The summed E-state index contributed by atoms with van der Waals surface area (Å²) in [5.74, 6) is -0.582. The van der Waals surface area contributed by atoms with Crippen molar-refractivity contribution in [1.82, 2.24) is 0 Å². The molecule has 88 valence electrons. The molecule has 0 saturated carbocycles. The van der Waals surface area contributed by atoms with Crippen LogP contribution in [0.3, 0.4) is 0 Å². The van der Waals surface area contributed by atoms with E-state index in [0.29, 0.717) is 10.2 Å². The van der Waals surface area contributed by atoms with Gasteiger partial charge in [-0.3, -0.25) is 4.79 Å². The van der Waals surface area contributed by atoms with Crippen LogP contribution in [-0.4, -0.2) is 5.78 Å². The first-order valence-electron chi connectivity index (χ1n) is 4.75. The van der Waals surface area contributed by atoms with Crippen molar-refractivity contribution in [3.63, 3.8) is 0 Å². The van der Waals surface area contributed by atoms with Gasteiger partial charge in [0, 0.05) is 4.47 Å². The van der Waals surface area contributed by atoms with E-state index in [9.17, 15) is 9.18 Å². The second-order valence-corrected chi connectivity index (χ2v) is 4.69. The van der Waals surface area contributed by atoms with E-state index in [-0.39, 0.29) is 16.3 Å². The zero-order valence-corrected chi connectivity index (χ0v) is 11.1. The summed E-state index contributed by atoms with van der Waals surface area (Å²) in [6, 6.07) is 6.04. The first kappa shape index (κ1) is 12.3. The molecule has 1 aromatic heterocycles. The van der Waals surface area contributed by atoms with Gasteiger partial charge in [0.25, 0.3) is 0 Å². The van der Waals surface area contributed by atoms with Gasteiger partial charge in [0.05, 0.1) is 10.6 Å². The first-order chi connectivity index (χ1) is 8.00. The molecule has 0 aliphatic carbocycles. The summed E-state index contributed by atoms with van der Waals surface area (Å²) in [6.45, 7) is 1.71. The predicted molar refractivity (Wildman–Crippen MR) is 66.0 cm³/mol. The van der Waals surface area contributed by atoms with Gasteiger partial charge in [0.1, 0.15) is 5.76 Å². The molecule has 0 saturated heterocycles. The molecule has 0 unspecified atom stereocenters. The van der Waals surface area contributed by atoms with E-state index in [1.165, 1.54) is 18.2 Å². The Morgan fingerprint density at radius 2 is 2.06 bits per heavy atom. The van der Waals surface area contributed by atoms with Gasteiger partial charge in [0.15, 0.2) is 11.6 Å². The molecular weight excluding hydrogens is 310 g/mol. The Balaban J connectivity index is 2.48. The lowest BCUT2D eigenvalue weighted by Gasteiger charge is -2.03. The zero-order chi connectivity index (χ0) is 12.6. The number of benzene rings is 1. The second-order valence-electron chi connectivity index (χ2n) is 3.46. The number of hydrogen-bond donors (Lipinski definition) is 0. The van der Waals surface area contributed by atoms with Crippen LogP contribution in [0.15, 0.2) is 33.2 Å². The molecule has 0 fully saturated rings. The Bertz CT molecular complexity index is 592. The van der Waals surface area contributed by atoms with Crippen LogP contribution in [-0.2, 0) is 0 Å². The third-order valence-electron chi connectivity index (χ3n) is 2.24. The third-order valence-corrected chi connectivity index (χ3v) is 3.50. The fraction of sp³-hybridized carbons (Fsp3) is 0.0833. The van der Waals surface area contributed by atoms with Crippen LogP contribution in [0.4, 0.5) is 4.39 Å². The quantitative estimate of drug-likeness (QED) is 0.608. The summed E-state index contributed by atoms with van der Waals surface area (Å²) >= 11 is 8.80. The largest absolute Gasteiger partial charge is 0.458 e. The predicted octanol–water partition coefficient (Wildman–Crippen LogP) is 4.37. The molecule has 0 spiro atoms. The van der Waals surface area contributed by atoms with Gasteiger partial charge in [-0.2, -0.15) is 0 Å². The number of furan rings is 1. The van der Waals surface area contributed by atoms with Crippen LogP contribution in [0.2, 0.25) is 5.02 Å². The molecule has 1 aromatic carbocycles. The van der Waals surface area contributed by atoms with Gasteiger partial charge in [-0.25, -0.2) is 4.39 Å². The molecule has 5 heteroatoms. The summed E-state index contributed by atoms with van der Waals surface area (Å²) in [4.78, 5) is 11.9. The zero-order valence-electron chi connectivity index (χ0n) is 8.76. The Morgan fingerprint density at radius 3 is 2.65 bits per heavy atom. The van der Waals surface area contributed by atoms with Gasteiger partial charge in [0.2, 0.25) is 5.78 Å². The van der Waals surface area contributed by atoms with Gasteiger partial charge in [-0.1, -0.05) is 11.6 Å². The van der Waals surface area contributed by atoms with E-state index in [0.717, 1.165) is 0 Å². The second kappa shape index (κ2) is 4.63. The maximum atomic E-state index is 13.8. The van der Waals surface area contributed by atoms with E-state index >= 15 is 0 Å². The summed E-state index contributed by atoms with van der Waals surface area (Å²) in [5, 5.41) is -0.112. The fourth-order valence-electron chi connectivity index (χ4n) is 1.39. The average molecular weight is 318 g/mol. The van der Waals surface area contributed by atoms with E-state index in [1.807, 2.05) is 0 Å². The smallest absolute Gasteiger partial charge is 0.231 e. The molecular formula is C12H7BrClFO2. The fourth-order valence-corrected chi connectivity index (χ4v) is 1.86. The number of rotatable bonds is 2. The van der Waals surface area contributed by atoms with Crippen LogP contribution in [0.1, 0.15) is 21.9 Å². The molecule has 2 nitrogen and oxygen atoms in total. The molecule has 2 aromatic rings. The van der Waals surface area contributed by atoms with Crippen molar-refractivity contribution in [1.29, 1.82) is 0 Å². The minimum absolute atomic E-state index is 0.0970. The Kier molecular flexibility index (Phi) is 3.35. The lowest BCUT2D eigenvalue weighted by atomic mass is 10.1. The monoisotopic (exact) mass is 316 g/mol. The van der Waals surface area contributed by atoms with Crippen LogP contribution in [0.25, 0.3) is 0 Å². The van der Waals surface area contributed by atoms with Crippen molar-refractivity contribution in [2.24, 2.45) is 0 Å². The average Bonchev–Trinajstić information content (AvgIpc) is 2.72. The lowest BCUT2D eigenvalue weighted by Crippen LogP contribution is -2.03. The molecule has 0 atom stereocenters. The lowest BCUT2D eigenvalue weighted by molar-refractivity contribution is 0.100. The number of ketones is 1. The minimum atomic E-state index is -0.750. The summed E-state index contributed by atoms with van der Waals surface area (Å²) in [5.41, 5.74) is -0.104. The topological polar surface area (TPSA) is 30.2 Å². The van der Waals surface area contributed by atoms with Crippen molar-refractivity contribution < 1.29 is 13.6 Å². The first-order valence-corrected chi connectivity index (χ1v) is 5.92. The summed E-state index contributed by atoms with van der Waals surface area (Å²) < 4.78 is 19.3. The number of hydrogen-bond acceptors (Lipinski definition) is 2. The molecule has 1 heterocycles. The molecule has 0 bridgehead atoms. The highest BCUT2D eigenvalue weighted by molar-refractivity contribution is 9.10. The highest BCUT2D eigenvalue weighted by Crippen LogP contribution is 2.28. The van der Waals surface area contributed by atoms with Crippen LogP contribution >= 0.6 is 27.5 Å². The van der Waals surface area contributed by atoms with Crippen LogP contribution in [0, 0.1) is 12.7 Å². The van der Waals surface area contributed by atoms with Crippen molar-refractivity contribution in [3.05, 3.63) is 56.7 Å². The van der Waals surface area contributed by atoms with Gasteiger partial charge < -0.3 is 4.42 Å². The minimum Gasteiger partial charge on any atom is -0.458 e. The maximum absolute atomic E-state index is 13.8. The summed E-state index contributed by atoms with van der Waals surface area (Å²) in [7, 11) is 0. The Morgan fingerprint density at radius 1 is 1.35 bits per heavy atom. The SMILES string of the molecule is Cc1ccc(C(=O)c2ccc(Br)c(Cl)c2F)o1. The van der Waals surface area contributed by atoms with Crippen molar-refractivity contribution in [2.75, 3.05) is 0 Å². The summed E-state index contributed by atoms with van der Waals surface area (Å²) in [6.07, 6.45) is 0. The Labute approximate surface area is 111 Å². The molecule has 17 heavy (non-hydrogen) atoms. The maximum Gasteiger partial charge on any atom is 0.231 e. The molecule has 0 aliphatic rings. The van der Waals surface area contributed by atoms with Gasteiger partial charge >= 0.3 is 0 Å². The highest BCUT2D eigenvalue weighted by Gasteiger charge is 2.20. The number of aryl methyl sites for hydroxylation is 1. The van der Waals surface area contributed by atoms with E-state index in [2.05, 4.69) is 15.9 Å². The van der Waals surface area contributed by atoms with Gasteiger partial charge in [-0.15, -0.1) is 0 Å². The van der Waals surface area contributed by atoms with Gasteiger partial charge in [-0.05, 0) is 47.1 Å². The van der Waals surface area contributed by atoms with Crippen molar-refractivity contribution in [2.45, 2.75) is 6.92 Å². The standard InChI is InChI=1S/C12H7BrClFO2/c1-6-2-5-9(17-6)12(16)7-3-4-8(13)10(14)11(7)15/h2-5H,1H3. The molecule has 0 N–H and O–H groups in total. The number of halogens is 3. The van der Waals surface area contributed by atoms with E-state index in [1.54, 1.807) is 13.0 Å². The molecule has 0 amide bonds. The van der Waals surface area contributed by atoms with Crippen molar-refractivity contribution >= 4 is 33.3 Å². The van der Waals surface area contributed by atoms with Crippen molar-refractivity contribution in [3.8, 4) is 0 Å². The third kappa shape index (κ3) is 2.28. The molecule has 0 radical (unpaired) electrons. The normalized spacial score (nSPS) is 10.6. The van der Waals surface area contributed by atoms with Crippen LogP contribution in [0.5, 0.6) is 0 Å². The van der Waals surface area contributed by atoms with E-state index in [4.69, 9.17) is 16.0 Å². The van der Waals surface area contributed by atoms with E-state index < -0.39 is 11.6 Å². The molecule has 2 rings (SSSR count). The van der Waals surface area contributed by atoms with Crippen LogP contribution < -0.4 is 0 Å². The number of carbonyl (C=O) groups is 1. The Hall–Kier alpha value is -1.13. The highest BCUT2D eigenvalue weighted by atomic mass is 79.9.